The molecule has 3 aromatic rings. The third-order valence-corrected chi connectivity index (χ3v) is 3.56. The predicted molar refractivity (Wildman–Crippen MR) is 87.0 cm³/mol. The number of aromatic nitrogens is 2. The van der Waals surface area contributed by atoms with E-state index in [1.807, 2.05) is 59.3 Å². The number of halogens is 1. The van der Waals surface area contributed by atoms with Crippen LogP contribution in [0.2, 0.25) is 5.02 Å². The maximum absolute atomic E-state index is 6.09. The summed E-state index contributed by atoms with van der Waals surface area (Å²) in [5.74, 6) is 0.343. The summed E-state index contributed by atoms with van der Waals surface area (Å²) in [5, 5.41) is 5.02. The number of hydrogen-bond donors (Lipinski definition) is 2. The van der Waals surface area contributed by atoms with Crippen molar-refractivity contribution in [1.29, 1.82) is 0 Å². The molecule has 1 heterocycles. The van der Waals surface area contributed by atoms with Crippen molar-refractivity contribution >= 4 is 23.1 Å². The monoisotopic (exact) mass is 298 g/mol. The molecule has 0 fully saturated rings. The fourth-order valence-corrected chi connectivity index (χ4v) is 2.40. The SMILES string of the molecule is Nc1nn(Cc2ccccc2)c(-c2ccc(Cl)cc2)c1N. The lowest BCUT2D eigenvalue weighted by molar-refractivity contribution is 0.698. The van der Waals surface area contributed by atoms with Crippen molar-refractivity contribution in [2.45, 2.75) is 6.54 Å². The number of nitrogens with two attached hydrogens (primary N) is 2. The maximum atomic E-state index is 6.09. The molecule has 0 spiro atoms. The Bertz CT molecular complexity index is 748. The van der Waals surface area contributed by atoms with E-state index in [9.17, 15) is 0 Å². The Kier molecular flexibility index (Phi) is 3.54. The van der Waals surface area contributed by atoms with Crippen molar-refractivity contribution in [3.8, 4) is 11.3 Å². The van der Waals surface area contributed by atoms with Gasteiger partial charge in [0.2, 0.25) is 0 Å². The van der Waals surface area contributed by atoms with E-state index in [4.69, 9.17) is 23.1 Å². The highest BCUT2D eigenvalue weighted by Crippen LogP contribution is 2.31. The minimum Gasteiger partial charge on any atom is -0.394 e. The number of benzene rings is 2. The second kappa shape index (κ2) is 5.50. The summed E-state index contributed by atoms with van der Waals surface area (Å²) in [6.45, 7) is 0.611. The van der Waals surface area contributed by atoms with Gasteiger partial charge in [-0.3, -0.25) is 4.68 Å². The van der Waals surface area contributed by atoms with Gasteiger partial charge < -0.3 is 11.5 Å². The summed E-state index contributed by atoms with van der Waals surface area (Å²) >= 11 is 5.94. The first-order valence-electron chi connectivity index (χ1n) is 6.57. The molecule has 21 heavy (non-hydrogen) atoms. The molecule has 4 N–H and O–H groups in total. The molecule has 0 atom stereocenters. The lowest BCUT2D eigenvalue weighted by Crippen LogP contribution is -2.04. The molecule has 0 amide bonds. The minimum absolute atomic E-state index is 0.343. The fraction of sp³-hybridized carbons (Fsp3) is 0.0625. The van der Waals surface area contributed by atoms with Gasteiger partial charge in [-0.25, -0.2) is 0 Å². The van der Waals surface area contributed by atoms with Gasteiger partial charge in [0.25, 0.3) is 0 Å². The van der Waals surface area contributed by atoms with Crippen LogP contribution in [0.3, 0.4) is 0 Å². The molecule has 0 bridgehead atoms. The van der Waals surface area contributed by atoms with Crippen LogP contribution in [-0.4, -0.2) is 9.78 Å². The van der Waals surface area contributed by atoms with Crippen LogP contribution in [0.25, 0.3) is 11.3 Å². The Hall–Kier alpha value is -2.46. The third kappa shape index (κ3) is 2.71. The Balaban J connectivity index is 2.05. The van der Waals surface area contributed by atoms with Gasteiger partial charge in [-0.2, -0.15) is 5.10 Å². The van der Waals surface area contributed by atoms with Gasteiger partial charge in [0.05, 0.1) is 12.2 Å². The Labute approximate surface area is 128 Å². The summed E-state index contributed by atoms with van der Waals surface area (Å²) in [6.07, 6.45) is 0. The largest absolute Gasteiger partial charge is 0.394 e. The zero-order chi connectivity index (χ0) is 14.8. The molecule has 0 saturated heterocycles. The van der Waals surface area contributed by atoms with Gasteiger partial charge in [-0.1, -0.05) is 54.1 Å². The molecule has 5 heteroatoms. The Morgan fingerprint density at radius 3 is 2.29 bits per heavy atom. The molecule has 0 aliphatic heterocycles. The molecular formula is C16H15ClN4. The average Bonchev–Trinajstić information content (AvgIpc) is 2.76. The van der Waals surface area contributed by atoms with Crippen molar-refractivity contribution in [2.24, 2.45) is 0 Å². The summed E-state index contributed by atoms with van der Waals surface area (Å²) < 4.78 is 1.82. The molecule has 0 saturated carbocycles. The van der Waals surface area contributed by atoms with E-state index in [2.05, 4.69) is 5.10 Å². The number of anilines is 2. The normalized spacial score (nSPS) is 10.7. The van der Waals surface area contributed by atoms with E-state index >= 15 is 0 Å². The van der Waals surface area contributed by atoms with E-state index in [-0.39, 0.29) is 0 Å². The number of hydrogen-bond acceptors (Lipinski definition) is 3. The van der Waals surface area contributed by atoms with Crippen LogP contribution in [0.1, 0.15) is 5.56 Å². The molecule has 2 aromatic carbocycles. The highest BCUT2D eigenvalue weighted by atomic mass is 35.5. The molecule has 0 aliphatic carbocycles. The van der Waals surface area contributed by atoms with Crippen LogP contribution < -0.4 is 11.5 Å². The summed E-state index contributed by atoms with van der Waals surface area (Å²) in [7, 11) is 0. The zero-order valence-corrected chi connectivity index (χ0v) is 12.1. The summed E-state index contributed by atoms with van der Waals surface area (Å²) in [5.41, 5.74) is 15.3. The van der Waals surface area contributed by atoms with E-state index in [0.29, 0.717) is 23.1 Å². The van der Waals surface area contributed by atoms with Crippen LogP contribution in [0.4, 0.5) is 11.5 Å². The van der Waals surface area contributed by atoms with Gasteiger partial charge in [-0.05, 0) is 17.7 Å². The van der Waals surface area contributed by atoms with Crippen molar-refractivity contribution in [3.63, 3.8) is 0 Å². The van der Waals surface area contributed by atoms with Crippen LogP contribution in [0, 0.1) is 0 Å². The smallest absolute Gasteiger partial charge is 0.169 e. The number of nitrogens with zero attached hydrogens (tertiary/aromatic N) is 2. The van der Waals surface area contributed by atoms with Crippen molar-refractivity contribution in [3.05, 3.63) is 65.2 Å². The third-order valence-electron chi connectivity index (χ3n) is 3.31. The van der Waals surface area contributed by atoms with Gasteiger partial charge in [0, 0.05) is 10.6 Å². The van der Waals surface area contributed by atoms with Crippen LogP contribution in [0.15, 0.2) is 54.6 Å². The molecule has 3 rings (SSSR count). The second-order valence-electron chi connectivity index (χ2n) is 4.80. The lowest BCUT2D eigenvalue weighted by atomic mass is 10.1. The first kappa shape index (κ1) is 13.5. The molecule has 0 radical (unpaired) electrons. The predicted octanol–water partition coefficient (Wildman–Crippen LogP) is 3.42. The Morgan fingerprint density at radius 2 is 1.62 bits per heavy atom. The van der Waals surface area contributed by atoms with Crippen molar-refractivity contribution < 1.29 is 0 Å². The maximum Gasteiger partial charge on any atom is 0.169 e. The lowest BCUT2D eigenvalue weighted by Gasteiger charge is -2.08. The van der Waals surface area contributed by atoms with Gasteiger partial charge in [0.1, 0.15) is 5.69 Å². The van der Waals surface area contributed by atoms with Gasteiger partial charge in [0.15, 0.2) is 5.82 Å². The average molecular weight is 299 g/mol. The first-order chi connectivity index (χ1) is 10.1. The van der Waals surface area contributed by atoms with Crippen LogP contribution in [0.5, 0.6) is 0 Å². The minimum atomic E-state index is 0.343. The van der Waals surface area contributed by atoms with Crippen LogP contribution in [-0.2, 0) is 6.54 Å². The highest BCUT2D eigenvalue weighted by Gasteiger charge is 2.15. The van der Waals surface area contributed by atoms with Gasteiger partial charge in [-0.15, -0.1) is 0 Å². The molecular weight excluding hydrogens is 284 g/mol. The van der Waals surface area contributed by atoms with E-state index in [1.54, 1.807) is 0 Å². The second-order valence-corrected chi connectivity index (χ2v) is 5.23. The van der Waals surface area contributed by atoms with Gasteiger partial charge >= 0.3 is 0 Å². The van der Waals surface area contributed by atoms with E-state index in [1.165, 1.54) is 0 Å². The zero-order valence-electron chi connectivity index (χ0n) is 11.3. The quantitative estimate of drug-likeness (QED) is 0.778. The standard InChI is InChI=1S/C16H15ClN4/c17-13-8-6-12(7-9-13)15-14(18)16(19)20-21(15)10-11-4-2-1-3-5-11/h1-9H,10,18H2,(H2,19,20). The Morgan fingerprint density at radius 1 is 0.952 bits per heavy atom. The number of rotatable bonds is 3. The molecule has 1 aromatic heterocycles. The first-order valence-corrected chi connectivity index (χ1v) is 6.94. The number of nitrogen functional groups attached to an aromatic ring is 2. The summed E-state index contributed by atoms with van der Waals surface area (Å²) in [6, 6.07) is 17.5. The summed E-state index contributed by atoms with van der Waals surface area (Å²) in [4.78, 5) is 0. The van der Waals surface area contributed by atoms with Crippen LogP contribution >= 0.6 is 11.6 Å². The van der Waals surface area contributed by atoms with E-state index in [0.717, 1.165) is 16.8 Å². The molecule has 106 valence electrons. The molecule has 0 unspecified atom stereocenters. The topological polar surface area (TPSA) is 69.9 Å². The highest BCUT2D eigenvalue weighted by molar-refractivity contribution is 6.30. The molecule has 4 nitrogen and oxygen atoms in total. The van der Waals surface area contributed by atoms with Crippen molar-refractivity contribution in [1.82, 2.24) is 9.78 Å². The fourth-order valence-electron chi connectivity index (χ4n) is 2.28. The van der Waals surface area contributed by atoms with Crippen molar-refractivity contribution in [2.75, 3.05) is 11.5 Å². The molecule has 0 aliphatic rings. The van der Waals surface area contributed by atoms with E-state index < -0.39 is 0 Å².